The first-order chi connectivity index (χ1) is 10.4. The molecule has 12 heteroatoms. The number of nitrogens with zero attached hydrogens (tertiary/aromatic N) is 1. The fourth-order valence-electron chi connectivity index (χ4n) is 1.57. The lowest BCUT2D eigenvalue weighted by atomic mass is 10.0. The van der Waals surface area contributed by atoms with Gasteiger partial charge in [-0.25, -0.2) is 9.18 Å². The van der Waals surface area contributed by atoms with Gasteiger partial charge < -0.3 is 15.5 Å². The minimum atomic E-state index is -5.33. The third kappa shape index (κ3) is 4.52. The van der Waals surface area contributed by atoms with Gasteiger partial charge in [-0.2, -0.15) is 13.2 Å². The van der Waals surface area contributed by atoms with E-state index in [1.165, 1.54) is 5.32 Å². The molecule has 1 aromatic carbocycles. The van der Waals surface area contributed by atoms with Crippen LogP contribution in [0.5, 0.6) is 5.75 Å². The fraction of sp³-hybridized carbons (Fsp3) is 0.273. The largest absolute Gasteiger partial charge is 0.500 e. The number of nitro benzene ring substituents is 1. The van der Waals surface area contributed by atoms with E-state index >= 15 is 0 Å². The third-order valence-electron chi connectivity index (χ3n) is 2.60. The number of carbonyl (C=O) groups excluding carboxylic acids is 1. The number of nitrogens with one attached hydrogen (secondary N) is 1. The zero-order valence-corrected chi connectivity index (χ0v) is 10.9. The van der Waals surface area contributed by atoms with Gasteiger partial charge in [0.05, 0.1) is 4.92 Å². The number of hydrogen-bond donors (Lipinski definition) is 3. The number of aromatic hydroxyl groups is 1. The topological polar surface area (TPSA) is 130 Å². The number of phenolic OH excluding ortho intramolecular Hbond substituents is 1. The summed E-state index contributed by atoms with van der Waals surface area (Å²) >= 11 is 0. The van der Waals surface area contributed by atoms with Crippen molar-refractivity contribution in [3.8, 4) is 5.75 Å². The molecule has 23 heavy (non-hydrogen) atoms. The molecule has 0 bridgehead atoms. The molecule has 1 unspecified atom stereocenters. The third-order valence-corrected chi connectivity index (χ3v) is 2.60. The molecule has 0 aliphatic carbocycles. The second-order valence-electron chi connectivity index (χ2n) is 4.27. The molecule has 126 valence electrons. The Kier molecular flexibility index (Phi) is 5.09. The van der Waals surface area contributed by atoms with Gasteiger partial charge in [-0.05, 0) is 11.6 Å². The van der Waals surface area contributed by atoms with Crippen LogP contribution in [0.3, 0.4) is 0 Å². The second kappa shape index (κ2) is 6.46. The van der Waals surface area contributed by atoms with Gasteiger partial charge in [0.15, 0.2) is 5.82 Å². The number of carboxylic acids is 1. The molecule has 0 spiro atoms. The van der Waals surface area contributed by atoms with E-state index < -0.39 is 58.3 Å². The van der Waals surface area contributed by atoms with Crippen molar-refractivity contribution in [3.05, 3.63) is 33.6 Å². The van der Waals surface area contributed by atoms with Crippen molar-refractivity contribution in [1.29, 1.82) is 0 Å². The fourth-order valence-corrected chi connectivity index (χ4v) is 1.57. The molecule has 3 N–H and O–H groups in total. The first-order valence-corrected chi connectivity index (χ1v) is 5.69. The van der Waals surface area contributed by atoms with E-state index in [0.717, 1.165) is 0 Å². The Morgan fingerprint density at radius 2 is 1.91 bits per heavy atom. The maximum atomic E-state index is 13.3. The minimum Gasteiger partial charge on any atom is -0.500 e. The summed E-state index contributed by atoms with van der Waals surface area (Å²) in [6.45, 7) is 0. The van der Waals surface area contributed by atoms with Gasteiger partial charge in [0.25, 0.3) is 0 Å². The van der Waals surface area contributed by atoms with E-state index in [2.05, 4.69) is 0 Å². The standard InChI is InChI=1S/C11H8F4N2O6/c12-5-1-4(3-7(8(5)18)17(22)23)2-6(9(19)20)16-10(21)11(13,14)15/h1,3,6,18H,2H2,(H,16,21)(H,19,20). The van der Waals surface area contributed by atoms with Crippen molar-refractivity contribution < 1.29 is 42.3 Å². The molecule has 0 saturated heterocycles. The normalized spacial score (nSPS) is 12.5. The van der Waals surface area contributed by atoms with Crippen LogP contribution in [0, 0.1) is 15.9 Å². The lowest BCUT2D eigenvalue weighted by Crippen LogP contribution is -2.47. The summed E-state index contributed by atoms with van der Waals surface area (Å²) in [5, 5.41) is 29.7. The highest BCUT2D eigenvalue weighted by Gasteiger charge is 2.41. The molecule has 1 aromatic rings. The van der Waals surface area contributed by atoms with Crippen molar-refractivity contribution in [3.63, 3.8) is 0 Å². The number of hydrogen-bond acceptors (Lipinski definition) is 5. The van der Waals surface area contributed by atoms with Crippen molar-refractivity contribution in [2.24, 2.45) is 0 Å². The number of benzene rings is 1. The molecule has 1 atom stereocenters. The van der Waals surface area contributed by atoms with Gasteiger partial charge in [-0.3, -0.25) is 14.9 Å². The number of aliphatic carboxylic acids is 1. The Bertz CT molecular complexity index is 661. The Hall–Kier alpha value is -2.92. The van der Waals surface area contributed by atoms with E-state index in [-0.39, 0.29) is 0 Å². The van der Waals surface area contributed by atoms with Gasteiger partial charge in [-0.1, -0.05) is 0 Å². The smallest absolute Gasteiger partial charge is 0.471 e. The van der Waals surface area contributed by atoms with Crippen LogP contribution in [0.25, 0.3) is 0 Å². The maximum absolute atomic E-state index is 13.3. The number of carbonyl (C=O) groups is 2. The molecule has 0 radical (unpaired) electrons. The molecule has 8 nitrogen and oxygen atoms in total. The average Bonchev–Trinajstić information content (AvgIpc) is 2.40. The van der Waals surface area contributed by atoms with Gasteiger partial charge in [0.1, 0.15) is 6.04 Å². The number of rotatable bonds is 5. The Morgan fingerprint density at radius 3 is 2.35 bits per heavy atom. The van der Waals surface area contributed by atoms with Crippen molar-refractivity contribution in [2.45, 2.75) is 18.6 Å². The summed E-state index contributed by atoms with van der Waals surface area (Å²) in [6.07, 6.45) is -6.20. The number of amides is 1. The van der Waals surface area contributed by atoms with E-state index in [1.807, 2.05) is 0 Å². The molecule has 0 aliphatic rings. The molecule has 1 amide bonds. The molecular weight excluding hydrogens is 332 g/mol. The van der Waals surface area contributed by atoms with Gasteiger partial charge in [0, 0.05) is 12.5 Å². The molecule has 0 aromatic heterocycles. The zero-order valence-electron chi connectivity index (χ0n) is 10.9. The number of carboxylic acid groups (broad SMARTS) is 1. The Labute approximate surface area is 124 Å². The van der Waals surface area contributed by atoms with Crippen LogP contribution in [0.1, 0.15) is 5.56 Å². The van der Waals surface area contributed by atoms with Gasteiger partial charge in [0.2, 0.25) is 5.75 Å². The first kappa shape index (κ1) is 18.1. The SMILES string of the molecule is O=C(O)C(Cc1cc(F)c(O)c([N+](=O)[O-])c1)NC(=O)C(F)(F)F. The first-order valence-electron chi connectivity index (χ1n) is 5.69. The highest BCUT2D eigenvalue weighted by atomic mass is 19.4. The molecule has 0 aliphatic heterocycles. The molecular formula is C11H8F4N2O6. The van der Waals surface area contributed by atoms with Gasteiger partial charge >= 0.3 is 23.7 Å². The molecule has 0 fully saturated rings. The highest BCUT2D eigenvalue weighted by Crippen LogP contribution is 2.30. The van der Waals surface area contributed by atoms with Crippen molar-refractivity contribution in [1.82, 2.24) is 5.32 Å². The number of phenols is 1. The Balaban J connectivity index is 3.09. The second-order valence-corrected chi connectivity index (χ2v) is 4.27. The minimum absolute atomic E-state index is 0.401. The number of nitro groups is 1. The van der Waals surface area contributed by atoms with Crippen LogP contribution in [-0.2, 0) is 16.0 Å². The zero-order chi connectivity index (χ0) is 17.9. The Morgan fingerprint density at radius 1 is 1.35 bits per heavy atom. The highest BCUT2D eigenvalue weighted by molar-refractivity contribution is 5.87. The molecule has 0 saturated carbocycles. The summed E-state index contributed by atoms with van der Waals surface area (Å²) in [6, 6.07) is -1.00. The van der Waals surface area contributed by atoms with E-state index in [4.69, 9.17) is 10.2 Å². The van der Waals surface area contributed by atoms with Crippen LogP contribution in [0.4, 0.5) is 23.2 Å². The van der Waals surface area contributed by atoms with Gasteiger partial charge in [-0.15, -0.1) is 0 Å². The quantitative estimate of drug-likeness (QED) is 0.418. The number of halogens is 4. The molecule has 1 rings (SSSR count). The maximum Gasteiger partial charge on any atom is 0.471 e. The van der Waals surface area contributed by atoms with Crippen LogP contribution in [-0.4, -0.2) is 39.2 Å². The summed E-state index contributed by atoms with van der Waals surface area (Å²) in [4.78, 5) is 31.1. The van der Waals surface area contributed by atoms with Crippen LogP contribution in [0.15, 0.2) is 12.1 Å². The van der Waals surface area contributed by atoms with Crippen molar-refractivity contribution >= 4 is 17.6 Å². The summed E-state index contributed by atoms with van der Waals surface area (Å²) < 4.78 is 49.7. The lowest BCUT2D eigenvalue weighted by molar-refractivity contribution is -0.386. The number of alkyl halides is 3. The van der Waals surface area contributed by atoms with Crippen molar-refractivity contribution in [2.75, 3.05) is 0 Å². The van der Waals surface area contributed by atoms with Crippen LogP contribution < -0.4 is 5.32 Å². The predicted octanol–water partition coefficient (Wildman–Crippen LogP) is 1.11. The summed E-state index contributed by atoms with van der Waals surface area (Å²) in [7, 11) is 0. The summed E-state index contributed by atoms with van der Waals surface area (Å²) in [5.74, 6) is -7.15. The lowest BCUT2D eigenvalue weighted by Gasteiger charge is -2.16. The van der Waals surface area contributed by atoms with E-state index in [9.17, 15) is 37.3 Å². The average molecular weight is 340 g/mol. The van der Waals surface area contributed by atoms with E-state index in [1.54, 1.807) is 0 Å². The van der Waals surface area contributed by atoms with Crippen LogP contribution >= 0.6 is 0 Å². The van der Waals surface area contributed by atoms with E-state index in [0.29, 0.717) is 12.1 Å². The monoisotopic (exact) mass is 340 g/mol. The van der Waals surface area contributed by atoms with Crippen LogP contribution in [0.2, 0.25) is 0 Å². The predicted molar refractivity (Wildman–Crippen MR) is 64.0 cm³/mol. The molecule has 0 heterocycles. The summed E-state index contributed by atoms with van der Waals surface area (Å²) in [5.41, 5.74) is -1.49.